The summed E-state index contributed by atoms with van der Waals surface area (Å²) in [4.78, 5) is 23.5. The van der Waals surface area contributed by atoms with Gasteiger partial charge < -0.3 is 9.84 Å². The van der Waals surface area contributed by atoms with Gasteiger partial charge in [0.25, 0.3) is 0 Å². The van der Waals surface area contributed by atoms with Crippen molar-refractivity contribution in [3.63, 3.8) is 0 Å². The van der Waals surface area contributed by atoms with Crippen LogP contribution in [0, 0.1) is 29.1 Å². The van der Waals surface area contributed by atoms with Crippen LogP contribution in [0.3, 0.4) is 0 Å². The molecule has 0 saturated carbocycles. The number of carbonyl (C=O) groups excluding carboxylic acids is 1. The summed E-state index contributed by atoms with van der Waals surface area (Å²) in [5.74, 6) is 1.55. The van der Waals surface area contributed by atoms with E-state index in [4.69, 9.17) is 4.74 Å². The minimum Gasteiger partial charge on any atom is -0.481 e. The van der Waals surface area contributed by atoms with Gasteiger partial charge in [0.15, 0.2) is 0 Å². The zero-order chi connectivity index (χ0) is 22.3. The van der Waals surface area contributed by atoms with Crippen LogP contribution in [0.4, 0.5) is 0 Å². The Bertz CT molecular complexity index is 645. The fourth-order valence-corrected chi connectivity index (χ4v) is 4.80. The number of fused-ring (bicyclic) bond motifs is 1. The fourth-order valence-electron chi connectivity index (χ4n) is 4.80. The van der Waals surface area contributed by atoms with E-state index in [0.717, 1.165) is 19.3 Å². The Morgan fingerprint density at radius 1 is 1.20 bits per heavy atom. The van der Waals surface area contributed by atoms with Crippen LogP contribution < -0.4 is 0 Å². The highest BCUT2D eigenvalue weighted by Gasteiger charge is 2.33. The number of hydrogen-bond acceptors (Lipinski definition) is 3. The van der Waals surface area contributed by atoms with Crippen molar-refractivity contribution in [3.05, 3.63) is 23.8 Å². The molecule has 0 saturated heterocycles. The van der Waals surface area contributed by atoms with E-state index in [-0.39, 0.29) is 12.4 Å². The molecule has 0 aromatic heterocycles. The van der Waals surface area contributed by atoms with Crippen molar-refractivity contribution < 1.29 is 19.4 Å². The lowest BCUT2D eigenvalue weighted by Crippen LogP contribution is -2.31. The molecule has 2 rings (SSSR count). The summed E-state index contributed by atoms with van der Waals surface area (Å²) < 4.78 is 5.57. The van der Waals surface area contributed by atoms with E-state index in [1.807, 2.05) is 20.8 Å². The number of carboxylic acid groups (broad SMARTS) is 1. The SMILES string of the molecule is CCC(C)(C)C(=O)O[C@@H](CCCCC[C@@H]1C2CC[C@@H](C)C=C2C=C[C@@H]1C)CC(=O)O. The van der Waals surface area contributed by atoms with Gasteiger partial charge in [-0.1, -0.05) is 51.8 Å². The maximum Gasteiger partial charge on any atom is 0.311 e. The average Bonchev–Trinajstić information content (AvgIpc) is 2.68. The number of allylic oxidation sites excluding steroid dienone is 4. The van der Waals surface area contributed by atoms with E-state index in [9.17, 15) is 14.7 Å². The normalized spacial score (nSPS) is 27.2. The molecule has 0 bridgehead atoms. The Morgan fingerprint density at radius 3 is 2.60 bits per heavy atom. The van der Waals surface area contributed by atoms with E-state index in [1.54, 1.807) is 5.57 Å². The van der Waals surface area contributed by atoms with Crippen LogP contribution >= 0.6 is 0 Å². The lowest BCUT2D eigenvalue weighted by Gasteiger charge is -2.38. The van der Waals surface area contributed by atoms with E-state index in [0.29, 0.717) is 36.5 Å². The van der Waals surface area contributed by atoms with Crippen LogP contribution in [-0.4, -0.2) is 23.1 Å². The van der Waals surface area contributed by atoms with Crippen molar-refractivity contribution in [2.75, 3.05) is 0 Å². The van der Waals surface area contributed by atoms with E-state index in [2.05, 4.69) is 32.1 Å². The van der Waals surface area contributed by atoms with Gasteiger partial charge in [-0.3, -0.25) is 9.59 Å². The molecular formula is C26H42O4. The Kier molecular flexibility index (Phi) is 9.18. The van der Waals surface area contributed by atoms with Crippen LogP contribution in [0.2, 0.25) is 0 Å². The van der Waals surface area contributed by atoms with Crippen molar-refractivity contribution in [2.24, 2.45) is 29.1 Å². The van der Waals surface area contributed by atoms with Gasteiger partial charge in [-0.05, 0) is 81.6 Å². The molecule has 2 aliphatic carbocycles. The van der Waals surface area contributed by atoms with Gasteiger partial charge in [0.05, 0.1) is 11.8 Å². The van der Waals surface area contributed by atoms with Crippen LogP contribution in [0.15, 0.2) is 23.8 Å². The lowest BCUT2D eigenvalue weighted by atomic mass is 9.67. The molecule has 30 heavy (non-hydrogen) atoms. The van der Waals surface area contributed by atoms with E-state index < -0.39 is 17.5 Å². The smallest absolute Gasteiger partial charge is 0.311 e. The predicted molar refractivity (Wildman–Crippen MR) is 121 cm³/mol. The summed E-state index contributed by atoms with van der Waals surface area (Å²) in [5, 5.41) is 9.18. The Morgan fingerprint density at radius 2 is 1.93 bits per heavy atom. The zero-order valence-corrected chi connectivity index (χ0v) is 19.7. The minimum absolute atomic E-state index is 0.107. The maximum atomic E-state index is 12.3. The molecule has 0 radical (unpaired) electrons. The number of esters is 1. The molecule has 0 aromatic carbocycles. The molecule has 1 N–H and O–H groups in total. The molecule has 0 spiro atoms. The average molecular weight is 419 g/mol. The monoisotopic (exact) mass is 418 g/mol. The van der Waals surface area contributed by atoms with Crippen molar-refractivity contribution in [1.29, 1.82) is 0 Å². The molecule has 170 valence electrons. The number of carboxylic acids is 1. The van der Waals surface area contributed by atoms with E-state index in [1.165, 1.54) is 19.3 Å². The second kappa shape index (κ2) is 11.2. The van der Waals surface area contributed by atoms with Crippen LogP contribution in [0.1, 0.15) is 92.4 Å². The van der Waals surface area contributed by atoms with Crippen LogP contribution in [0.25, 0.3) is 0 Å². The number of unbranched alkanes of at least 4 members (excludes halogenated alkanes) is 2. The molecule has 0 aliphatic heterocycles. The number of carbonyl (C=O) groups is 2. The molecular weight excluding hydrogens is 376 g/mol. The summed E-state index contributed by atoms with van der Waals surface area (Å²) in [7, 11) is 0. The Balaban J connectivity index is 1.80. The first-order valence-corrected chi connectivity index (χ1v) is 12.0. The fraction of sp³-hybridized carbons (Fsp3) is 0.769. The molecule has 0 aromatic rings. The van der Waals surface area contributed by atoms with Gasteiger partial charge in [0.1, 0.15) is 6.10 Å². The highest BCUT2D eigenvalue weighted by molar-refractivity contribution is 5.76. The minimum atomic E-state index is -0.907. The lowest BCUT2D eigenvalue weighted by molar-refractivity contribution is -0.162. The highest BCUT2D eigenvalue weighted by atomic mass is 16.5. The van der Waals surface area contributed by atoms with Gasteiger partial charge in [0.2, 0.25) is 0 Å². The molecule has 2 aliphatic rings. The van der Waals surface area contributed by atoms with Gasteiger partial charge >= 0.3 is 11.9 Å². The molecule has 0 amide bonds. The second-order valence-corrected chi connectivity index (χ2v) is 10.2. The first kappa shape index (κ1) is 24.7. The third kappa shape index (κ3) is 6.99. The first-order valence-electron chi connectivity index (χ1n) is 12.0. The highest BCUT2D eigenvalue weighted by Crippen LogP contribution is 2.43. The van der Waals surface area contributed by atoms with Crippen molar-refractivity contribution in [3.8, 4) is 0 Å². The van der Waals surface area contributed by atoms with Crippen LogP contribution in [0.5, 0.6) is 0 Å². The molecule has 5 atom stereocenters. The maximum absolute atomic E-state index is 12.3. The first-order chi connectivity index (χ1) is 14.1. The van der Waals surface area contributed by atoms with Crippen molar-refractivity contribution in [2.45, 2.75) is 98.5 Å². The molecule has 4 heteroatoms. The van der Waals surface area contributed by atoms with Crippen LogP contribution in [-0.2, 0) is 14.3 Å². The van der Waals surface area contributed by atoms with Gasteiger partial charge in [-0.25, -0.2) is 0 Å². The van der Waals surface area contributed by atoms with E-state index >= 15 is 0 Å². The quantitative estimate of drug-likeness (QED) is 0.305. The summed E-state index contributed by atoms with van der Waals surface area (Å²) in [6.07, 6.45) is 14.8. The van der Waals surface area contributed by atoms with Gasteiger partial charge in [0, 0.05) is 0 Å². The van der Waals surface area contributed by atoms with Gasteiger partial charge in [-0.2, -0.15) is 0 Å². The Hall–Kier alpha value is -1.58. The molecule has 0 heterocycles. The standard InChI is InChI=1S/C26H42O4/c1-6-26(4,5)25(29)30-21(17-24(27)28)10-8-7-9-11-22-19(3)13-14-20-16-18(2)12-15-23(20)22/h13-14,16,18-19,21-23H,6-12,15,17H2,1-5H3,(H,27,28)/t18-,19+,21+,22+,23?/m1/s1. The largest absolute Gasteiger partial charge is 0.481 e. The molecule has 4 nitrogen and oxygen atoms in total. The number of hydrogen-bond donors (Lipinski definition) is 1. The van der Waals surface area contributed by atoms with Gasteiger partial charge in [-0.15, -0.1) is 0 Å². The molecule has 1 unspecified atom stereocenters. The predicted octanol–water partition coefficient (Wildman–Crippen LogP) is 6.55. The number of ether oxygens (including phenoxy) is 1. The van der Waals surface area contributed by atoms with Crippen molar-refractivity contribution >= 4 is 11.9 Å². The topological polar surface area (TPSA) is 63.6 Å². The third-order valence-corrected chi connectivity index (χ3v) is 7.30. The second-order valence-electron chi connectivity index (χ2n) is 10.2. The number of aliphatic carboxylic acids is 1. The third-order valence-electron chi connectivity index (χ3n) is 7.30. The molecule has 0 fully saturated rings. The van der Waals surface area contributed by atoms with Crippen molar-refractivity contribution in [1.82, 2.24) is 0 Å². The Labute approximate surface area is 183 Å². The zero-order valence-electron chi connectivity index (χ0n) is 19.7. The summed E-state index contributed by atoms with van der Waals surface area (Å²) in [5.41, 5.74) is 0.980. The summed E-state index contributed by atoms with van der Waals surface area (Å²) in [6.45, 7) is 10.3. The summed E-state index contributed by atoms with van der Waals surface area (Å²) >= 11 is 0. The summed E-state index contributed by atoms with van der Waals surface area (Å²) in [6, 6.07) is 0. The number of rotatable bonds is 11.